The van der Waals surface area contributed by atoms with Crippen LogP contribution in [0.15, 0.2) is 17.0 Å². The molecule has 0 saturated heterocycles. The van der Waals surface area contributed by atoms with Gasteiger partial charge in [-0.15, -0.1) is 11.8 Å². The van der Waals surface area contributed by atoms with E-state index in [9.17, 15) is 13.6 Å². The fourth-order valence-corrected chi connectivity index (χ4v) is 2.26. The van der Waals surface area contributed by atoms with E-state index in [1.807, 2.05) is 0 Å². The molecule has 0 aliphatic rings. The molecule has 0 spiro atoms. The Morgan fingerprint density at radius 2 is 2.00 bits per heavy atom. The number of aliphatic carboxylic acids is 1. The van der Waals surface area contributed by atoms with E-state index in [0.29, 0.717) is 4.90 Å². The van der Waals surface area contributed by atoms with Crippen molar-refractivity contribution < 1.29 is 18.7 Å². The van der Waals surface area contributed by atoms with E-state index in [2.05, 4.69) is 0 Å². The number of carboxylic acid groups (broad SMARTS) is 1. The van der Waals surface area contributed by atoms with E-state index in [1.165, 1.54) is 26.0 Å². The third-order valence-electron chi connectivity index (χ3n) is 2.55. The number of thioether (sulfide) groups is 1. The van der Waals surface area contributed by atoms with Gasteiger partial charge in [-0.1, -0.05) is 13.8 Å². The predicted molar refractivity (Wildman–Crippen MR) is 63.4 cm³/mol. The lowest BCUT2D eigenvalue weighted by atomic mass is 9.81. The van der Waals surface area contributed by atoms with Gasteiger partial charge in [-0.25, -0.2) is 8.78 Å². The van der Waals surface area contributed by atoms with E-state index in [-0.39, 0.29) is 12.0 Å². The van der Waals surface area contributed by atoms with E-state index in [4.69, 9.17) is 5.11 Å². The van der Waals surface area contributed by atoms with Crippen molar-refractivity contribution in [2.24, 2.45) is 0 Å². The topological polar surface area (TPSA) is 37.3 Å². The van der Waals surface area contributed by atoms with E-state index >= 15 is 0 Å². The Labute approximate surface area is 103 Å². The highest BCUT2D eigenvalue weighted by Crippen LogP contribution is 2.35. The van der Waals surface area contributed by atoms with Crippen LogP contribution in [0.25, 0.3) is 0 Å². The minimum absolute atomic E-state index is 0.160. The van der Waals surface area contributed by atoms with Gasteiger partial charge in [0.1, 0.15) is 11.6 Å². The molecular weight excluding hydrogens is 246 g/mol. The first-order valence-corrected chi connectivity index (χ1v) is 6.26. The SMILES string of the molecule is CSc1ccc(F)c(C(C)(C)CC(=O)O)c1F. The summed E-state index contributed by atoms with van der Waals surface area (Å²) in [5.74, 6) is -2.45. The Kier molecular flexibility index (Phi) is 4.14. The molecular formula is C12H14F2O2S. The molecule has 0 heterocycles. The van der Waals surface area contributed by atoms with Gasteiger partial charge >= 0.3 is 5.97 Å². The number of hydrogen-bond acceptors (Lipinski definition) is 2. The maximum Gasteiger partial charge on any atom is 0.304 e. The average Bonchev–Trinajstić information content (AvgIpc) is 2.15. The number of carboxylic acids is 1. The van der Waals surface area contributed by atoms with Gasteiger partial charge in [0.25, 0.3) is 0 Å². The average molecular weight is 260 g/mol. The molecule has 0 aliphatic heterocycles. The Morgan fingerprint density at radius 3 is 2.47 bits per heavy atom. The van der Waals surface area contributed by atoms with Crippen LogP contribution < -0.4 is 0 Å². The summed E-state index contributed by atoms with van der Waals surface area (Å²) in [6.07, 6.45) is 1.36. The second kappa shape index (κ2) is 5.04. The van der Waals surface area contributed by atoms with Gasteiger partial charge in [0.05, 0.1) is 6.42 Å². The lowest BCUT2D eigenvalue weighted by molar-refractivity contribution is -0.138. The molecule has 0 radical (unpaired) electrons. The van der Waals surface area contributed by atoms with Gasteiger partial charge in [0.15, 0.2) is 0 Å². The van der Waals surface area contributed by atoms with Crippen molar-refractivity contribution in [2.75, 3.05) is 6.26 Å². The number of rotatable bonds is 4. The summed E-state index contributed by atoms with van der Waals surface area (Å²) in [7, 11) is 0. The zero-order valence-corrected chi connectivity index (χ0v) is 10.7. The van der Waals surface area contributed by atoms with Crippen LogP contribution in [0.4, 0.5) is 8.78 Å². The van der Waals surface area contributed by atoms with Crippen LogP contribution in [0.5, 0.6) is 0 Å². The molecule has 5 heteroatoms. The van der Waals surface area contributed by atoms with Crippen molar-refractivity contribution >= 4 is 17.7 Å². The van der Waals surface area contributed by atoms with E-state index < -0.39 is 23.0 Å². The summed E-state index contributed by atoms with van der Waals surface area (Å²) in [6.45, 7) is 3.04. The van der Waals surface area contributed by atoms with Gasteiger partial charge < -0.3 is 5.11 Å². The minimum Gasteiger partial charge on any atom is -0.481 e. The zero-order valence-electron chi connectivity index (χ0n) is 9.88. The number of carbonyl (C=O) groups is 1. The molecule has 1 aromatic rings. The summed E-state index contributed by atoms with van der Waals surface area (Å²) in [5.41, 5.74) is -1.24. The van der Waals surface area contributed by atoms with Crippen molar-refractivity contribution in [1.82, 2.24) is 0 Å². The standard InChI is InChI=1S/C12H14F2O2S/c1-12(2,6-9(15)16)10-7(13)4-5-8(17-3)11(10)14/h4-5H,6H2,1-3H3,(H,15,16). The van der Waals surface area contributed by atoms with Gasteiger partial charge in [-0.05, 0) is 18.4 Å². The number of halogens is 2. The molecule has 94 valence electrons. The fourth-order valence-electron chi connectivity index (χ4n) is 1.78. The molecule has 2 nitrogen and oxygen atoms in total. The second-order valence-corrected chi connectivity index (χ2v) is 5.24. The normalized spacial score (nSPS) is 11.6. The van der Waals surface area contributed by atoms with Crippen molar-refractivity contribution in [3.63, 3.8) is 0 Å². The summed E-state index contributed by atoms with van der Waals surface area (Å²) >= 11 is 1.16. The van der Waals surface area contributed by atoms with Crippen LogP contribution >= 0.6 is 11.8 Å². The maximum absolute atomic E-state index is 14.0. The summed E-state index contributed by atoms with van der Waals surface area (Å²) in [6, 6.07) is 2.53. The predicted octanol–water partition coefficient (Wildman–Crippen LogP) is 3.44. The molecule has 0 fully saturated rings. The van der Waals surface area contributed by atoms with Crippen LogP contribution in [0.1, 0.15) is 25.8 Å². The van der Waals surface area contributed by atoms with Crippen molar-refractivity contribution in [3.05, 3.63) is 29.3 Å². The lowest BCUT2D eigenvalue weighted by Crippen LogP contribution is -2.25. The highest BCUT2D eigenvalue weighted by molar-refractivity contribution is 7.98. The smallest absolute Gasteiger partial charge is 0.304 e. The van der Waals surface area contributed by atoms with Gasteiger partial charge in [-0.3, -0.25) is 4.79 Å². The van der Waals surface area contributed by atoms with Gasteiger partial charge in [0.2, 0.25) is 0 Å². The molecule has 17 heavy (non-hydrogen) atoms. The molecule has 0 saturated carbocycles. The molecule has 0 atom stereocenters. The third-order valence-corrected chi connectivity index (χ3v) is 3.30. The van der Waals surface area contributed by atoms with Crippen molar-refractivity contribution in [2.45, 2.75) is 30.6 Å². The second-order valence-electron chi connectivity index (χ2n) is 4.39. The molecule has 1 rings (SSSR count). The third kappa shape index (κ3) is 2.97. The maximum atomic E-state index is 14.0. The summed E-state index contributed by atoms with van der Waals surface area (Å²) in [5, 5.41) is 8.77. The summed E-state index contributed by atoms with van der Waals surface area (Å²) < 4.78 is 27.7. The largest absolute Gasteiger partial charge is 0.481 e. The van der Waals surface area contributed by atoms with Crippen LogP contribution in [0.2, 0.25) is 0 Å². The lowest BCUT2D eigenvalue weighted by Gasteiger charge is -2.25. The molecule has 0 amide bonds. The Hall–Kier alpha value is -1.10. The number of benzene rings is 1. The first-order chi connectivity index (χ1) is 7.79. The molecule has 0 aromatic heterocycles. The van der Waals surface area contributed by atoms with Crippen LogP contribution in [0, 0.1) is 11.6 Å². The fraction of sp³-hybridized carbons (Fsp3) is 0.417. The van der Waals surface area contributed by atoms with Gasteiger partial charge in [-0.2, -0.15) is 0 Å². The Morgan fingerprint density at radius 1 is 1.41 bits per heavy atom. The molecule has 0 bridgehead atoms. The quantitative estimate of drug-likeness (QED) is 0.843. The van der Waals surface area contributed by atoms with Crippen molar-refractivity contribution in [1.29, 1.82) is 0 Å². The van der Waals surface area contributed by atoms with Crippen LogP contribution in [-0.4, -0.2) is 17.3 Å². The first-order valence-electron chi connectivity index (χ1n) is 5.04. The number of hydrogen-bond donors (Lipinski definition) is 1. The van der Waals surface area contributed by atoms with Crippen LogP contribution in [-0.2, 0) is 10.2 Å². The molecule has 1 N–H and O–H groups in total. The zero-order chi connectivity index (χ0) is 13.2. The highest BCUT2D eigenvalue weighted by atomic mass is 32.2. The molecule has 0 unspecified atom stereocenters. The monoisotopic (exact) mass is 260 g/mol. The highest BCUT2D eigenvalue weighted by Gasteiger charge is 2.31. The van der Waals surface area contributed by atoms with E-state index in [1.54, 1.807) is 6.26 Å². The van der Waals surface area contributed by atoms with Crippen molar-refractivity contribution in [3.8, 4) is 0 Å². The Bertz CT molecular complexity index is 444. The first kappa shape index (κ1) is 14.0. The summed E-state index contributed by atoms with van der Waals surface area (Å²) in [4.78, 5) is 11.0. The minimum atomic E-state index is -1.08. The molecule has 0 aliphatic carbocycles. The van der Waals surface area contributed by atoms with Crippen LogP contribution in [0.3, 0.4) is 0 Å². The van der Waals surface area contributed by atoms with E-state index in [0.717, 1.165) is 11.8 Å². The Balaban J connectivity index is 3.33. The van der Waals surface area contributed by atoms with Gasteiger partial charge in [0, 0.05) is 15.9 Å². The molecule has 1 aromatic carbocycles.